The molecule has 0 aliphatic heterocycles. The summed E-state index contributed by atoms with van der Waals surface area (Å²) in [6, 6.07) is 6.99. The van der Waals surface area contributed by atoms with Crippen LogP contribution in [0.5, 0.6) is 0 Å². The molecule has 1 aromatic carbocycles. The van der Waals surface area contributed by atoms with Crippen molar-refractivity contribution in [3.63, 3.8) is 0 Å². The van der Waals surface area contributed by atoms with Gasteiger partial charge in [-0.1, -0.05) is 24.3 Å². The number of halogens is 4. The smallest absolute Gasteiger partial charge is 0.411 e. The van der Waals surface area contributed by atoms with Gasteiger partial charge in [0.1, 0.15) is 6.61 Å². The van der Waals surface area contributed by atoms with Gasteiger partial charge >= 0.3 is 12.1 Å². The normalized spacial score (nSPS) is 11.5. The van der Waals surface area contributed by atoms with Crippen LogP contribution in [0.3, 0.4) is 0 Å². The van der Waals surface area contributed by atoms with Crippen LogP contribution >= 0.6 is 24.0 Å². The molecule has 0 heterocycles. The summed E-state index contributed by atoms with van der Waals surface area (Å²) in [4.78, 5) is 15.5. The van der Waals surface area contributed by atoms with Crippen LogP contribution in [0.4, 0.5) is 13.2 Å². The summed E-state index contributed by atoms with van der Waals surface area (Å²) in [5.41, 5.74) is 1.56. The molecule has 1 rings (SSSR count). The highest BCUT2D eigenvalue weighted by Crippen LogP contribution is 2.16. The Kier molecular flexibility index (Phi) is 12.8. The molecule has 0 aromatic heterocycles. The fourth-order valence-electron chi connectivity index (χ4n) is 1.92. The first kappa shape index (κ1) is 25.4. The summed E-state index contributed by atoms with van der Waals surface area (Å²) in [6.07, 6.45) is -4.09. The molecular formula is C17H25F3IN3O3. The summed E-state index contributed by atoms with van der Waals surface area (Å²) in [5.74, 6) is 0.255. The van der Waals surface area contributed by atoms with Crippen molar-refractivity contribution in [2.24, 2.45) is 4.99 Å². The van der Waals surface area contributed by atoms with Crippen LogP contribution in [0.25, 0.3) is 0 Å². The van der Waals surface area contributed by atoms with Gasteiger partial charge in [-0.3, -0.25) is 4.79 Å². The average Bonchev–Trinajstić information content (AvgIpc) is 2.59. The molecule has 0 bridgehead atoms. The molecule has 1 aromatic rings. The molecule has 0 unspecified atom stereocenters. The summed E-state index contributed by atoms with van der Waals surface area (Å²) >= 11 is 0. The predicted molar refractivity (Wildman–Crippen MR) is 107 cm³/mol. The monoisotopic (exact) mass is 503 g/mol. The van der Waals surface area contributed by atoms with Crippen molar-refractivity contribution in [2.75, 3.05) is 26.8 Å². The lowest BCUT2D eigenvalue weighted by atomic mass is 10.1. The Morgan fingerprint density at radius 1 is 1.15 bits per heavy atom. The molecule has 0 atom stereocenters. The molecule has 10 heteroatoms. The number of carbonyl (C=O) groups is 1. The number of benzene rings is 1. The zero-order valence-electron chi connectivity index (χ0n) is 15.3. The maximum atomic E-state index is 12.0. The Morgan fingerprint density at radius 3 is 2.33 bits per heavy atom. The van der Waals surface area contributed by atoms with Crippen LogP contribution in [0, 0.1) is 0 Å². The lowest BCUT2D eigenvalue weighted by molar-refractivity contribution is -0.176. The first-order chi connectivity index (χ1) is 12.3. The zero-order chi connectivity index (χ0) is 19.4. The number of aliphatic imine (C=N–C) groups is 1. The standard InChI is InChI=1S/C17H24F3N3O3.HI/c1-3-21-16(22-9-8-15(24)25-2)23-10-13-4-6-14(7-5-13)11-26-12-17(18,19)20;/h4-7H,3,8-12H2,1-2H3,(H2,21,22,23);1H. The first-order valence-corrected chi connectivity index (χ1v) is 8.15. The summed E-state index contributed by atoms with van der Waals surface area (Å²) in [5, 5.41) is 6.08. The van der Waals surface area contributed by atoms with Gasteiger partial charge in [-0.05, 0) is 18.1 Å². The van der Waals surface area contributed by atoms with Gasteiger partial charge in [-0.25, -0.2) is 4.99 Å². The molecule has 0 amide bonds. The fourth-order valence-corrected chi connectivity index (χ4v) is 1.92. The van der Waals surface area contributed by atoms with Crippen molar-refractivity contribution in [3.8, 4) is 0 Å². The maximum absolute atomic E-state index is 12.0. The van der Waals surface area contributed by atoms with Crippen molar-refractivity contribution in [3.05, 3.63) is 35.4 Å². The summed E-state index contributed by atoms with van der Waals surface area (Å²) < 4.78 is 45.3. The Hall–Kier alpha value is -1.56. The highest BCUT2D eigenvalue weighted by atomic mass is 127. The van der Waals surface area contributed by atoms with E-state index in [1.54, 1.807) is 24.3 Å². The van der Waals surface area contributed by atoms with Crippen LogP contribution in [0.1, 0.15) is 24.5 Å². The lowest BCUT2D eigenvalue weighted by Gasteiger charge is -2.11. The third-order valence-corrected chi connectivity index (χ3v) is 3.17. The number of esters is 1. The van der Waals surface area contributed by atoms with Crippen molar-refractivity contribution < 1.29 is 27.4 Å². The van der Waals surface area contributed by atoms with E-state index in [1.165, 1.54) is 7.11 Å². The van der Waals surface area contributed by atoms with Crippen molar-refractivity contribution in [1.29, 1.82) is 0 Å². The third-order valence-electron chi connectivity index (χ3n) is 3.17. The van der Waals surface area contributed by atoms with Crippen molar-refractivity contribution in [2.45, 2.75) is 32.7 Å². The van der Waals surface area contributed by atoms with E-state index < -0.39 is 12.8 Å². The second-order valence-corrected chi connectivity index (χ2v) is 5.37. The number of hydrogen-bond donors (Lipinski definition) is 2. The fraction of sp³-hybridized carbons (Fsp3) is 0.529. The van der Waals surface area contributed by atoms with Crippen LogP contribution < -0.4 is 10.6 Å². The summed E-state index contributed by atoms with van der Waals surface area (Å²) in [6.45, 7) is 2.02. The number of methoxy groups -OCH3 is 1. The SMILES string of the molecule is CCNC(=NCc1ccc(COCC(F)(F)F)cc1)NCCC(=O)OC.I. The minimum absolute atomic E-state index is 0. The van der Waals surface area contributed by atoms with E-state index >= 15 is 0 Å². The lowest BCUT2D eigenvalue weighted by Crippen LogP contribution is -2.38. The van der Waals surface area contributed by atoms with Crippen molar-refractivity contribution in [1.82, 2.24) is 10.6 Å². The van der Waals surface area contributed by atoms with Gasteiger partial charge < -0.3 is 20.1 Å². The largest absolute Gasteiger partial charge is 0.469 e. The number of hydrogen-bond acceptors (Lipinski definition) is 4. The Bertz CT molecular complexity index is 581. The number of nitrogens with zero attached hydrogens (tertiary/aromatic N) is 1. The molecule has 154 valence electrons. The number of alkyl halides is 3. The van der Waals surface area contributed by atoms with Gasteiger partial charge in [0, 0.05) is 13.1 Å². The molecule has 0 aliphatic carbocycles. The van der Waals surface area contributed by atoms with Crippen LogP contribution in [0.2, 0.25) is 0 Å². The predicted octanol–water partition coefficient (Wildman–Crippen LogP) is 3.00. The van der Waals surface area contributed by atoms with E-state index in [-0.39, 0.29) is 43.0 Å². The van der Waals surface area contributed by atoms with E-state index in [1.807, 2.05) is 6.92 Å². The molecule has 27 heavy (non-hydrogen) atoms. The summed E-state index contributed by atoms with van der Waals surface area (Å²) in [7, 11) is 1.33. The van der Waals surface area contributed by atoms with Gasteiger partial charge in [-0.15, -0.1) is 24.0 Å². The molecule has 0 radical (unpaired) electrons. The first-order valence-electron chi connectivity index (χ1n) is 8.15. The molecule has 0 aliphatic rings. The number of guanidine groups is 1. The minimum atomic E-state index is -4.32. The van der Waals surface area contributed by atoms with Gasteiger partial charge in [0.2, 0.25) is 0 Å². The van der Waals surface area contributed by atoms with E-state index in [9.17, 15) is 18.0 Å². The van der Waals surface area contributed by atoms with Crippen LogP contribution in [-0.2, 0) is 27.4 Å². The zero-order valence-corrected chi connectivity index (χ0v) is 17.6. The molecule has 0 saturated heterocycles. The molecule has 6 nitrogen and oxygen atoms in total. The third kappa shape index (κ3) is 12.5. The van der Waals surface area contributed by atoms with Crippen LogP contribution in [-0.4, -0.2) is 44.9 Å². The Balaban J connectivity index is 0.00000676. The Morgan fingerprint density at radius 2 is 1.78 bits per heavy atom. The number of ether oxygens (including phenoxy) is 2. The minimum Gasteiger partial charge on any atom is -0.469 e. The molecule has 2 N–H and O–H groups in total. The Labute approximate surface area is 173 Å². The quantitative estimate of drug-likeness (QED) is 0.235. The van der Waals surface area contributed by atoms with E-state index in [0.717, 1.165) is 5.56 Å². The second kappa shape index (κ2) is 13.6. The average molecular weight is 503 g/mol. The number of nitrogens with one attached hydrogen (secondary N) is 2. The molecule has 0 saturated carbocycles. The van der Waals surface area contributed by atoms with Gasteiger partial charge in [0.05, 0.1) is 26.7 Å². The number of rotatable bonds is 9. The number of carbonyl (C=O) groups excluding carboxylic acids is 1. The van der Waals surface area contributed by atoms with Crippen LogP contribution in [0.15, 0.2) is 29.3 Å². The van der Waals surface area contributed by atoms with Gasteiger partial charge in [-0.2, -0.15) is 13.2 Å². The van der Waals surface area contributed by atoms with E-state index in [0.29, 0.717) is 31.2 Å². The maximum Gasteiger partial charge on any atom is 0.411 e. The van der Waals surface area contributed by atoms with Gasteiger partial charge in [0.25, 0.3) is 0 Å². The molecular weight excluding hydrogens is 478 g/mol. The van der Waals surface area contributed by atoms with Gasteiger partial charge in [0.15, 0.2) is 5.96 Å². The van der Waals surface area contributed by atoms with E-state index in [4.69, 9.17) is 0 Å². The second-order valence-electron chi connectivity index (χ2n) is 5.37. The highest BCUT2D eigenvalue weighted by Gasteiger charge is 2.27. The molecule has 0 fully saturated rings. The van der Waals surface area contributed by atoms with E-state index in [2.05, 4.69) is 25.1 Å². The molecule has 0 spiro atoms. The van der Waals surface area contributed by atoms with Crippen molar-refractivity contribution >= 4 is 35.9 Å². The topological polar surface area (TPSA) is 72.0 Å². The highest BCUT2D eigenvalue weighted by molar-refractivity contribution is 14.0.